The van der Waals surface area contributed by atoms with Crippen molar-refractivity contribution in [1.29, 1.82) is 0 Å². The van der Waals surface area contributed by atoms with Gasteiger partial charge < -0.3 is 5.73 Å². The fraction of sp³-hybridized carbons (Fsp3) is 1.00. The van der Waals surface area contributed by atoms with Crippen LogP contribution in [0.15, 0.2) is 0 Å². The molecule has 1 heteroatoms. The summed E-state index contributed by atoms with van der Waals surface area (Å²) in [6, 6.07) is 0. The van der Waals surface area contributed by atoms with Gasteiger partial charge in [0.2, 0.25) is 0 Å². The third-order valence-electron chi connectivity index (χ3n) is 3.65. The normalized spacial score (nSPS) is 17.1. The first-order valence-electron chi connectivity index (χ1n) is 6.07. The van der Waals surface area contributed by atoms with Crippen LogP contribution in [0.5, 0.6) is 0 Å². The molecule has 86 valence electrons. The van der Waals surface area contributed by atoms with E-state index < -0.39 is 0 Å². The third-order valence-corrected chi connectivity index (χ3v) is 3.65. The van der Waals surface area contributed by atoms with Crippen LogP contribution in [-0.4, -0.2) is 5.54 Å². The summed E-state index contributed by atoms with van der Waals surface area (Å²) < 4.78 is 0. The lowest BCUT2D eigenvalue weighted by molar-refractivity contribution is 0.256. The summed E-state index contributed by atoms with van der Waals surface area (Å²) in [5, 5.41) is 0. The van der Waals surface area contributed by atoms with Crippen molar-refractivity contribution in [3.63, 3.8) is 0 Å². The van der Waals surface area contributed by atoms with Gasteiger partial charge in [0, 0.05) is 5.54 Å². The first kappa shape index (κ1) is 14.0. The Kier molecular flexibility index (Phi) is 5.73. The summed E-state index contributed by atoms with van der Waals surface area (Å²) in [7, 11) is 0. The summed E-state index contributed by atoms with van der Waals surface area (Å²) in [5.74, 6) is 2.29. The molecule has 0 fully saturated rings. The smallest absolute Gasteiger partial charge is 0.0125 e. The van der Waals surface area contributed by atoms with Crippen molar-refractivity contribution in [2.24, 2.45) is 23.5 Å². The predicted molar refractivity (Wildman–Crippen MR) is 65.3 cm³/mol. The molecule has 0 aromatic heterocycles. The fourth-order valence-electron chi connectivity index (χ4n) is 1.90. The zero-order chi connectivity index (χ0) is 11.4. The van der Waals surface area contributed by atoms with E-state index in [1.807, 2.05) is 0 Å². The topological polar surface area (TPSA) is 26.0 Å². The van der Waals surface area contributed by atoms with E-state index in [0.29, 0.717) is 5.92 Å². The van der Waals surface area contributed by atoms with Crippen LogP contribution in [0.1, 0.15) is 60.8 Å². The van der Waals surface area contributed by atoms with E-state index in [4.69, 9.17) is 5.73 Å². The van der Waals surface area contributed by atoms with Gasteiger partial charge in [0.15, 0.2) is 0 Å². The van der Waals surface area contributed by atoms with Crippen LogP contribution >= 0.6 is 0 Å². The number of hydrogen-bond donors (Lipinski definition) is 1. The van der Waals surface area contributed by atoms with Crippen LogP contribution in [0, 0.1) is 17.8 Å². The Hall–Kier alpha value is -0.0400. The van der Waals surface area contributed by atoms with Crippen molar-refractivity contribution in [3.05, 3.63) is 0 Å². The molecule has 2 unspecified atom stereocenters. The highest BCUT2D eigenvalue weighted by atomic mass is 14.7. The lowest BCUT2D eigenvalue weighted by Crippen LogP contribution is -2.40. The highest BCUT2D eigenvalue weighted by Crippen LogP contribution is 2.26. The second-order valence-corrected chi connectivity index (χ2v) is 5.73. The van der Waals surface area contributed by atoms with Crippen LogP contribution in [-0.2, 0) is 0 Å². The average molecular weight is 199 g/mol. The van der Waals surface area contributed by atoms with Crippen LogP contribution in [0.25, 0.3) is 0 Å². The third kappa shape index (κ3) is 4.99. The minimum absolute atomic E-state index is 0.00848. The zero-order valence-electron chi connectivity index (χ0n) is 10.9. The molecule has 0 heterocycles. The van der Waals surface area contributed by atoms with Crippen molar-refractivity contribution < 1.29 is 0 Å². The largest absolute Gasteiger partial charge is 0.325 e. The summed E-state index contributed by atoms with van der Waals surface area (Å²) in [4.78, 5) is 0. The summed E-state index contributed by atoms with van der Waals surface area (Å²) in [5.41, 5.74) is 6.14. The number of nitrogens with two attached hydrogens (primary N) is 1. The van der Waals surface area contributed by atoms with Crippen LogP contribution < -0.4 is 5.73 Å². The van der Waals surface area contributed by atoms with Gasteiger partial charge in [-0.05, 0) is 38.0 Å². The number of rotatable bonds is 6. The van der Waals surface area contributed by atoms with Crippen LogP contribution in [0.3, 0.4) is 0 Å². The van der Waals surface area contributed by atoms with Gasteiger partial charge in [0.05, 0.1) is 0 Å². The molecule has 0 amide bonds. The zero-order valence-corrected chi connectivity index (χ0v) is 10.9. The molecule has 0 radical (unpaired) electrons. The Balaban J connectivity index is 3.97. The maximum Gasteiger partial charge on any atom is 0.0125 e. The molecule has 0 saturated carbocycles. The molecule has 2 N–H and O–H groups in total. The molecule has 0 aliphatic carbocycles. The molecular weight excluding hydrogens is 170 g/mol. The lowest BCUT2D eigenvalue weighted by atomic mass is 9.80. The van der Waals surface area contributed by atoms with Gasteiger partial charge in [-0.15, -0.1) is 0 Å². The monoisotopic (exact) mass is 199 g/mol. The van der Waals surface area contributed by atoms with Gasteiger partial charge in [-0.1, -0.05) is 40.5 Å². The summed E-state index contributed by atoms with van der Waals surface area (Å²) in [6.07, 6.45) is 3.80. The maximum atomic E-state index is 6.15. The van der Waals surface area contributed by atoms with E-state index in [-0.39, 0.29) is 5.54 Å². The van der Waals surface area contributed by atoms with Crippen molar-refractivity contribution in [2.45, 2.75) is 66.3 Å². The van der Waals surface area contributed by atoms with Crippen LogP contribution in [0.4, 0.5) is 0 Å². The van der Waals surface area contributed by atoms with E-state index in [0.717, 1.165) is 11.8 Å². The van der Waals surface area contributed by atoms with E-state index in [9.17, 15) is 0 Å². The molecular formula is C13H29N. The second-order valence-electron chi connectivity index (χ2n) is 5.73. The minimum Gasteiger partial charge on any atom is -0.325 e. The fourth-order valence-corrected chi connectivity index (χ4v) is 1.90. The van der Waals surface area contributed by atoms with E-state index >= 15 is 0 Å². The van der Waals surface area contributed by atoms with Crippen molar-refractivity contribution >= 4 is 0 Å². The molecule has 0 aliphatic rings. The van der Waals surface area contributed by atoms with Crippen molar-refractivity contribution in [1.82, 2.24) is 0 Å². The highest BCUT2D eigenvalue weighted by Gasteiger charge is 2.23. The maximum absolute atomic E-state index is 6.15. The Labute approximate surface area is 90.5 Å². The molecule has 0 rings (SSSR count). The molecule has 1 nitrogen and oxygen atoms in total. The summed E-state index contributed by atoms with van der Waals surface area (Å²) >= 11 is 0. The molecule has 0 bridgehead atoms. The first-order chi connectivity index (χ1) is 6.29. The first-order valence-corrected chi connectivity index (χ1v) is 6.07. The molecule has 0 aromatic rings. The molecule has 0 aliphatic heterocycles. The SMILES string of the molecule is CCC(CCC(C)C(C)C)C(C)(C)N. The highest BCUT2D eigenvalue weighted by molar-refractivity contribution is 4.81. The van der Waals surface area contributed by atoms with Gasteiger partial charge in [-0.25, -0.2) is 0 Å². The van der Waals surface area contributed by atoms with Crippen molar-refractivity contribution in [3.8, 4) is 0 Å². The molecule has 0 spiro atoms. The number of hydrogen-bond acceptors (Lipinski definition) is 1. The standard InChI is InChI=1S/C13H29N/c1-7-12(13(5,6)14)9-8-11(4)10(2)3/h10-12H,7-9,14H2,1-6H3. The van der Waals surface area contributed by atoms with Gasteiger partial charge in [0.1, 0.15) is 0 Å². The van der Waals surface area contributed by atoms with Gasteiger partial charge in [0.25, 0.3) is 0 Å². The summed E-state index contributed by atoms with van der Waals surface area (Å²) in [6.45, 7) is 13.5. The molecule has 2 atom stereocenters. The van der Waals surface area contributed by atoms with Crippen molar-refractivity contribution in [2.75, 3.05) is 0 Å². The average Bonchev–Trinajstić information content (AvgIpc) is 2.02. The lowest BCUT2D eigenvalue weighted by Gasteiger charge is -2.31. The second kappa shape index (κ2) is 5.75. The quantitative estimate of drug-likeness (QED) is 0.691. The predicted octanol–water partition coefficient (Wildman–Crippen LogP) is 3.82. The molecule has 0 saturated heterocycles. The Bertz CT molecular complexity index is 144. The Morgan fingerprint density at radius 1 is 1.07 bits per heavy atom. The molecule has 14 heavy (non-hydrogen) atoms. The Morgan fingerprint density at radius 2 is 1.57 bits per heavy atom. The van der Waals surface area contributed by atoms with E-state index in [2.05, 4.69) is 41.5 Å². The van der Waals surface area contributed by atoms with E-state index in [1.54, 1.807) is 0 Å². The minimum atomic E-state index is -0.00848. The molecule has 0 aromatic carbocycles. The van der Waals surface area contributed by atoms with Crippen LogP contribution in [0.2, 0.25) is 0 Å². The van der Waals surface area contributed by atoms with E-state index in [1.165, 1.54) is 19.3 Å². The Morgan fingerprint density at radius 3 is 1.86 bits per heavy atom. The van der Waals surface area contributed by atoms with Gasteiger partial charge >= 0.3 is 0 Å². The van der Waals surface area contributed by atoms with Gasteiger partial charge in [-0.3, -0.25) is 0 Å². The van der Waals surface area contributed by atoms with Gasteiger partial charge in [-0.2, -0.15) is 0 Å².